The van der Waals surface area contributed by atoms with Crippen molar-refractivity contribution < 1.29 is 17.6 Å². The highest BCUT2D eigenvalue weighted by Gasteiger charge is 2.19. The number of sulfonamides is 1. The summed E-state index contributed by atoms with van der Waals surface area (Å²) in [5, 5.41) is 0.644. The van der Waals surface area contributed by atoms with Gasteiger partial charge in [-0.1, -0.05) is 32.9 Å². The lowest BCUT2D eigenvalue weighted by Gasteiger charge is -2.21. The van der Waals surface area contributed by atoms with Crippen LogP contribution in [0.2, 0.25) is 0 Å². The number of ketones is 1. The summed E-state index contributed by atoms with van der Waals surface area (Å²) >= 11 is 0. The second-order valence-corrected chi connectivity index (χ2v) is 11.8. The zero-order chi connectivity index (χ0) is 27.7. The molecule has 0 radical (unpaired) electrons. The minimum Gasteiger partial charge on any atom is -0.422 e. The molecule has 3 aromatic carbocycles. The number of hydrogen-bond acceptors (Lipinski definition) is 6. The molecule has 0 aliphatic heterocycles. The Bertz CT molecular complexity index is 1630. The third-order valence-electron chi connectivity index (χ3n) is 6.52. The quantitative estimate of drug-likeness (QED) is 0.222. The summed E-state index contributed by atoms with van der Waals surface area (Å²) in [5.74, 6) is -0.499. The van der Waals surface area contributed by atoms with Gasteiger partial charge >= 0.3 is 5.63 Å². The van der Waals surface area contributed by atoms with Crippen LogP contribution in [0, 0.1) is 0 Å². The number of benzene rings is 3. The topological polar surface area (TPSA) is 96.7 Å². The number of fused-ring (bicyclic) bond motifs is 1. The summed E-state index contributed by atoms with van der Waals surface area (Å²) in [6.07, 6.45) is 0. The van der Waals surface area contributed by atoms with Crippen molar-refractivity contribution in [3.05, 3.63) is 99.9 Å². The molecule has 0 bridgehead atoms. The third-order valence-corrected chi connectivity index (χ3v) is 7.92. The van der Waals surface area contributed by atoms with Gasteiger partial charge < -0.3 is 9.32 Å². The van der Waals surface area contributed by atoms with Crippen LogP contribution in [-0.4, -0.2) is 27.3 Å². The SMILES string of the molecule is CCN(CC)c1ccc2cc(C(=O)c3ccc(NS(=O)(=O)c4ccc(C(C)(C)C)cc4)cc3)c(=O)oc2c1. The smallest absolute Gasteiger partial charge is 0.347 e. The molecule has 0 amide bonds. The van der Waals surface area contributed by atoms with E-state index in [2.05, 4.69) is 30.4 Å². The highest BCUT2D eigenvalue weighted by atomic mass is 32.2. The molecule has 1 N–H and O–H groups in total. The maximum Gasteiger partial charge on any atom is 0.347 e. The third kappa shape index (κ3) is 5.65. The van der Waals surface area contributed by atoms with Crippen molar-refractivity contribution in [1.82, 2.24) is 0 Å². The first-order valence-electron chi connectivity index (χ1n) is 12.5. The Balaban J connectivity index is 1.54. The Labute approximate surface area is 223 Å². The first-order valence-corrected chi connectivity index (χ1v) is 14.0. The molecule has 1 heterocycles. The van der Waals surface area contributed by atoms with Gasteiger partial charge in [0.2, 0.25) is 0 Å². The predicted molar refractivity (Wildman–Crippen MR) is 152 cm³/mol. The van der Waals surface area contributed by atoms with Crippen LogP contribution in [0.3, 0.4) is 0 Å². The predicted octanol–water partition coefficient (Wildman–Crippen LogP) is 5.97. The molecule has 4 rings (SSSR count). The summed E-state index contributed by atoms with van der Waals surface area (Å²) in [5.41, 5.74) is 2.04. The molecule has 0 unspecified atom stereocenters. The lowest BCUT2D eigenvalue weighted by molar-refractivity contribution is 0.103. The highest BCUT2D eigenvalue weighted by molar-refractivity contribution is 7.92. The van der Waals surface area contributed by atoms with E-state index >= 15 is 0 Å². The van der Waals surface area contributed by atoms with Gasteiger partial charge in [0.05, 0.1) is 4.90 Å². The Morgan fingerprint density at radius 2 is 1.53 bits per heavy atom. The van der Waals surface area contributed by atoms with Crippen LogP contribution in [0.4, 0.5) is 11.4 Å². The van der Waals surface area contributed by atoms with E-state index in [-0.39, 0.29) is 21.4 Å². The summed E-state index contributed by atoms with van der Waals surface area (Å²) in [7, 11) is -3.81. The second-order valence-electron chi connectivity index (χ2n) is 10.1. The number of carbonyl (C=O) groups is 1. The van der Waals surface area contributed by atoms with Crippen molar-refractivity contribution in [3.8, 4) is 0 Å². The summed E-state index contributed by atoms with van der Waals surface area (Å²) in [6, 6.07) is 19.8. The van der Waals surface area contributed by atoms with Crippen molar-refractivity contribution in [2.45, 2.75) is 44.9 Å². The Kier molecular flexibility index (Phi) is 7.47. The van der Waals surface area contributed by atoms with Gasteiger partial charge in [0, 0.05) is 41.5 Å². The summed E-state index contributed by atoms with van der Waals surface area (Å²) < 4.78 is 33.7. The van der Waals surface area contributed by atoms with E-state index < -0.39 is 21.4 Å². The molecule has 4 aromatic rings. The number of rotatable bonds is 8. The van der Waals surface area contributed by atoms with E-state index in [9.17, 15) is 18.0 Å². The summed E-state index contributed by atoms with van der Waals surface area (Å²) in [6.45, 7) is 11.9. The van der Waals surface area contributed by atoms with Gasteiger partial charge in [-0.2, -0.15) is 0 Å². The maximum atomic E-state index is 13.1. The molecule has 0 saturated heterocycles. The van der Waals surface area contributed by atoms with Crippen LogP contribution in [0.1, 0.15) is 56.1 Å². The van der Waals surface area contributed by atoms with E-state index in [4.69, 9.17) is 4.42 Å². The molecule has 0 aliphatic rings. The lowest BCUT2D eigenvalue weighted by Crippen LogP contribution is -2.21. The fourth-order valence-electron chi connectivity index (χ4n) is 4.24. The van der Waals surface area contributed by atoms with E-state index in [0.29, 0.717) is 16.7 Å². The first kappa shape index (κ1) is 27.1. The summed E-state index contributed by atoms with van der Waals surface area (Å²) in [4.78, 5) is 28.1. The number of nitrogens with zero attached hydrogens (tertiary/aromatic N) is 1. The van der Waals surface area contributed by atoms with Gasteiger partial charge in [-0.3, -0.25) is 9.52 Å². The monoisotopic (exact) mass is 532 g/mol. The van der Waals surface area contributed by atoms with Crippen LogP contribution < -0.4 is 15.2 Å². The van der Waals surface area contributed by atoms with Crippen LogP contribution in [-0.2, 0) is 15.4 Å². The Morgan fingerprint density at radius 1 is 0.895 bits per heavy atom. The molecule has 8 heteroatoms. The minimum absolute atomic E-state index is 0.0830. The zero-order valence-electron chi connectivity index (χ0n) is 22.2. The molecule has 7 nitrogen and oxygen atoms in total. The van der Waals surface area contributed by atoms with Crippen LogP contribution in [0.25, 0.3) is 11.0 Å². The average molecular weight is 533 g/mol. The molecule has 1 aromatic heterocycles. The van der Waals surface area contributed by atoms with Crippen molar-refractivity contribution in [2.24, 2.45) is 0 Å². The molecule has 198 valence electrons. The molecule has 38 heavy (non-hydrogen) atoms. The molecule has 0 saturated carbocycles. The Hall–Kier alpha value is -3.91. The van der Waals surface area contributed by atoms with Gasteiger partial charge in [0.25, 0.3) is 10.0 Å². The maximum absolute atomic E-state index is 13.1. The van der Waals surface area contributed by atoms with Crippen molar-refractivity contribution in [3.63, 3.8) is 0 Å². The molecular formula is C30H32N2O5S. The van der Waals surface area contributed by atoms with Crippen molar-refractivity contribution in [1.29, 1.82) is 0 Å². The van der Waals surface area contributed by atoms with Gasteiger partial charge in [-0.15, -0.1) is 0 Å². The van der Waals surface area contributed by atoms with Gasteiger partial charge in [-0.05, 0) is 79.4 Å². The first-order chi connectivity index (χ1) is 17.9. The van der Waals surface area contributed by atoms with E-state index in [1.165, 1.54) is 30.3 Å². The lowest BCUT2D eigenvalue weighted by atomic mass is 9.87. The molecule has 0 aliphatic carbocycles. The number of nitrogens with one attached hydrogen (secondary N) is 1. The van der Waals surface area contributed by atoms with Crippen molar-refractivity contribution in [2.75, 3.05) is 22.7 Å². The standard InChI is InChI=1S/C30H32N2O5S/c1-6-32(7-2)24-15-10-21-18-26(29(34)37-27(21)19-24)28(33)20-8-13-23(14-9-20)31-38(35,36)25-16-11-22(12-17-25)30(3,4)5/h8-19,31H,6-7H2,1-5H3. The fraction of sp³-hybridized carbons (Fsp3) is 0.267. The fourth-order valence-corrected chi connectivity index (χ4v) is 5.30. The number of anilines is 2. The highest BCUT2D eigenvalue weighted by Crippen LogP contribution is 2.25. The van der Waals surface area contributed by atoms with Gasteiger partial charge in [0.1, 0.15) is 11.1 Å². The molecule has 0 spiro atoms. The second kappa shape index (κ2) is 10.5. The normalized spacial score (nSPS) is 11.9. The number of hydrogen-bond donors (Lipinski definition) is 1. The molecule has 0 fully saturated rings. The van der Waals surface area contributed by atoms with Crippen LogP contribution in [0.15, 0.2) is 86.9 Å². The molecule has 0 atom stereocenters. The van der Waals surface area contributed by atoms with E-state index in [1.807, 2.05) is 26.0 Å². The zero-order valence-corrected chi connectivity index (χ0v) is 23.1. The van der Waals surface area contributed by atoms with Crippen molar-refractivity contribution >= 4 is 38.2 Å². The van der Waals surface area contributed by atoms with E-state index in [1.54, 1.807) is 30.3 Å². The van der Waals surface area contributed by atoms with Gasteiger partial charge in [-0.25, -0.2) is 13.2 Å². The van der Waals surface area contributed by atoms with Crippen LogP contribution >= 0.6 is 0 Å². The largest absolute Gasteiger partial charge is 0.422 e. The molecular weight excluding hydrogens is 500 g/mol. The minimum atomic E-state index is -3.81. The average Bonchev–Trinajstić information content (AvgIpc) is 2.88. The Morgan fingerprint density at radius 3 is 2.11 bits per heavy atom. The van der Waals surface area contributed by atoms with E-state index in [0.717, 1.165) is 24.3 Å². The number of carbonyl (C=O) groups excluding carboxylic acids is 1. The van der Waals surface area contributed by atoms with Gasteiger partial charge in [0.15, 0.2) is 5.78 Å². The van der Waals surface area contributed by atoms with Crippen LogP contribution in [0.5, 0.6) is 0 Å².